The number of nitrogens with zero attached hydrogens (tertiary/aromatic N) is 1. The van der Waals surface area contributed by atoms with Gasteiger partial charge in [-0.3, -0.25) is 9.69 Å². The van der Waals surface area contributed by atoms with Crippen LogP contribution in [0.15, 0.2) is 35.3 Å². The van der Waals surface area contributed by atoms with Crippen LogP contribution in [0, 0.1) is 5.92 Å². The molecule has 3 rings (SSSR count). The van der Waals surface area contributed by atoms with E-state index in [9.17, 15) is 4.79 Å². The number of rotatable bonds is 1. The normalized spacial score (nSPS) is 33.4. The van der Waals surface area contributed by atoms with E-state index < -0.39 is 0 Å². The quantitative estimate of drug-likeness (QED) is 0.709. The van der Waals surface area contributed by atoms with Crippen molar-refractivity contribution in [1.29, 1.82) is 0 Å². The van der Waals surface area contributed by atoms with Gasteiger partial charge in [-0.05, 0) is 11.0 Å². The highest BCUT2D eigenvalue weighted by Crippen LogP contribution is 2.35. The molecule has 90 valence electrons. The molecule has 3 aliphatic rings. The molecule has 17 heavy (non-hydrogen) atoms. The van der Waals surface area contributed by atoms with Gasteiger partial charge in [0.1, 0.15) is 5.78 Å². The van der Waals surface area contributed by atoms with E-state index in [4.69, 9.17) is 0 Å². The van der Waals surface area contributed by atoms with Crippen LogP contribution in [0.2, 0.25) is 0 Å². The zero-order valence-corrected chi connectivity index (χ0v) is 10.7. The Morgan fingerprint density at radius 3 is 2.88 bits per heavy atom. The Hall–Kier alpha value is -0.800. The van der Waals surface area contributed by atoms with Crippen LogP contribution in [0.4, 0.5) is 0 Å². The number of fused-ring (bicyclic) bond motifs is 1. The molecule has 0 aromatic rings. The minimum Gasteiger partial charge on any atom is -0.300 e. The van der Waals surface area contributed by atoms with E-state index in [1.807, 2.05) is 11.8 Å². The molecular formula is C14H17NOS. The Labute approximate surface area is 106 Å². The van der Waals surface area contributed by atoms with Crippen LogP contribution in [0.3, 0.4) is 0 Å². The van der Waals surface area contributed by atoms with Crippen molar-refractivity contribution in [1.82, 2.24) is 4.90 Å². The summed E-state index contributed by atoms with van der Waals surface area (Å²) in [6.45, 7) is 1.90. The number of Topliss-reactive ketones (excluding diaryl/α,β-unsaturated/α-hetero) is 1. The fraction of sp³-hybridized carbons (Fsp3) is 0.500. The van der Waals surface area contributed by atoms with Crippen LogP contribution in [-0.4, -0.2) is 35.6 Å². The van der Waals surface area contributed by atoms with Gasteiger partial charge < -0.3 is 0 Å². The van der Waals surface area contributed by atoms with E-state index in [1.54, 1.807) is 0 Å². The minimum atomic E-state index is 0.430. The number of thioether (sulfide) groups is 1. The predicted octanol–water partition coefficient (Wildman–Crippen LogP) is 2.39. The Balaban J connectivity index is 1.75. The van der Waals surface area contributed by atoms with Gasteiger partial charge in [-0.1, -0.05) is 24.3 Å². The van der Waals surface area contributed by atoms with Crippen molar-refractivity contribution >= 4 is 17.5 Å². The molecule has 1 fully saturated rings. The molecule has 2 aliphatic heterocycles. The van der Waals surface area contributed by atoms with Crippen LogP contribution in [-0.2, 0) is 4.79 Å². The fourth-order valence-electron chi connectivity index (χ4n) is 2.83. The van der Waals surface area contributed by atoms with Crippen molar-refractivity contribution in [2.45, 2.75) is 18.9 Å². The monoisotopic (exact) mass is 247 g/mol. The largest absolute Gasteiger partial charge is 0.300 e. The Bertz CT molecular complexity index is 400. The summed E-state index contributed by atoms with van der Waals surface area (Å²) in [6, 6.07) is 0.578. The summed E-state index contributed by atoms with van der Waals surface area (Å²) < 4.78 is 0. The van der Waals surface area contributed by atoms with E-state index in [1.165, 1.54) is 5.57 Å². The Kier molecular flexibility index (Phi) is 3.21. The number of carbonyl (C=O) groups is 1. The van der Waals surface area contributed by atoms with Crippen molar-refractivity contribution in [3.8, 4) is 0 Å². The van der Waals surface area contributed by atoms with Crippen molar-refractivity contribution in [3.05, 3.63) is 35.3 Å². The number of piperidine rings is 1. The third kappa shape index (κ3) is 2.26. The molecule has 0 spiro atoms. The van der Waals surface area contributed by atoms with Crippen molar-refractivity contribution in [2.24, 2.45) is 5.92 Å². The van der Waals surface area contributed by atoms with Crippen LogP contribution < -0.4 is 0 Å². The molecule has 0 N–H and O–H groups in total. The lowest BCUT2D eigenvalue weighted by atomic mass is 9.87. The summed E-state index contributed by atoms with van der Waals surface area (Å²) in [5, 5.41) is 2.29. The third-order valence-corrected chi connectivity index (χ3v) is 4.80. The fourth-order valence-corrected chi connectivity index (χ4v) is 3.96. The summed E-state index contributed by atoms with van der Waals surface area (Å²) in [5.41, 5.74) is 1.44. The molecule has 0 saturated carbocycles. The predicted molar refractivity (Wildman–Crippen MR) is 71.9 cm³/mol. The number of hydrogen-bond donors (Lipinski definition) is 0. The van der Waals surface area contributed by atoms with E-state index in [2.05, 4.69) is 34.6 Å². The highest BCUT2D eigenvalue weighted by molar-refractivity contribution is 8.02. The lowest BCUT2D eigenvalue weighted by molar-refractivity contribution is -0.121. The van der Waals surface area contributed by atoms with Gasteiger partial charge in [0.15, 0.2) is 0 Å². The average molecular weight is 247 g/mol. The molecule has 0 aromatic carbocycles. The van der Waals surface area contributed by atoms with Crippen LogP contribution in [0.5, 0.6) is 0 Å². The molecule has 1 saturated heterocycles. The maximum atomic E-state index is 11.3. The number of hydrogen-bond acceptors (Lipinski definition) is 3. The van der Waals surface area contributed by atoms with Gasteiger partial charge in [-0.2, -0.15) is 0 Å². The first-order valence-corrected chi connectivity index (χ1v) is 7.32. The molecule has 0 radical (unpaired) electrons. The summed E-state index contributed by atoms with van der Waals surface area (Å²) in [5.74, 6) is 2.12. The zero-order chi connectivity index (χ0) is 11.7. The second-order valence-electron chi connectivity index (χ2n) is 4.86. The molecule has 3 heteroatoms. The second-order valence-corrected chi connectivity index (χ2v) is 5.77. The summed E-state index contributed by atoms with van der Waals surface area (Å²) >= 11 is 1.91. The molecule has 0 amide bonds. The molecular weight excluding hydrogens is 230 g/mol. The van der Waals surface area contributed by atoms with E-state index in [-0.39, 0.29) is 0 Å². The van der Waals surface area contributed by atoms with Gasteiger partial charge >= 0.3 is 0 Å². The number of carbonyl (C=O) groups excluding carboxylic acids is 1. The number of allylic oxidation sites excluding steroid dienone is 3. The molecule has 2 heterocycles. The molecule has 2 unspecified atom stereocenters. The van der Waals surface area contributed by atoms with Gasteiger partial charge in [0, 0.05) is 43.6 Å². The SMILES string of the molecule is O=C1CCN(C2CSC=C3C=CC=CC32)CC1. The van der Waals surface area contributed by atoms with Crippen molar-refractivity contribution in [3.63, 3.8) is 0 Å². The van der Waals surface area contributed by atoms with Crippen molar-refractivity contribution < 1.29 is 4.79 Å². The standard InChI is InChI=1S/C14H17NOS/c16-12-5-7-15(8-6-12)14-10-17-9-11-3-1-2-4-13(11)14/h1-4,9,13-14H,5-8,10H2. The van der Waals surface area contributed by atoms with Crippen LogP contribution in [0.1, 0.15) is 12.8 Å². The number of ketones is 1. The van der Waals surface area contributed by atoms with Crippen LogP contribution >= 0.6 is 11.8 Å². The summed E-state index contributed by atoms with van der Waals surface area (Å²) in [4.78, 5) is 13.8. The van der Waals surface area contributed by atoms with Crippen LogP contribution in [0.25, 0.3) is 0 Å². The molecule has 2 atom stereocenters. The lowest BCUT2D eigenvalue weighted by Crippen LogP contribution is -2.47. The third-order valence-electron chi connectivity index (χ3n) is 3.83. The van der Waals surface area contributed by atoms with Gasteiger partial charge in [-0.15, -0.1) is 11.8 Å². The first-order valence-electron chi connectivity index (χ1n) is 6.27. The van der Waals surface area contributed by atoms with E-state index in [0.29, 0.717) is 17.7 Å². The van der Waals surface area contributed by atoms with Gasteiger partial charge in [0.2, 0.25) is 0 Å². The minimum absolute atomic E-state index is 0.430. The Morgan fingerprint density at radius 2 is 2.06 bits per heavy atom. The molecule has 1 aliphatic carbocycles. The highest BCUT2D eigenvalue weighted by atomic mass is 32.2. The van der Waals surface area contributed by atoms with E-state index >= 15 is 0 Å². The smallest absolute Gasteiger partial charge is 0.135 e. The topological polar surface area (TPSA) is 20.3 Å². The van der Waals surface area contributed by atoms with Gasteiger partial charge in [0.05, 0.1) is 0 Å². The summed E-state index contributed by atoms with van der Waals surface area (Å²) in [7, 11) is 0. The highest BCUT2D eigenvalue weighted by Gasteiger charge is 2.32. The average Bonchev–Trinajstić information content (AvgIpc) is 2.39. The zero-order valence-electron chi connectivity index (χ0n) is 9.84. The van der Waals surface area contributed by atoms with Crippen molar-refractivity contribution in [2.75, 3.05) is 18.8 Å². The molecule has 0 aromatic heterocycles. The first kappa shape index (κ1) is 11.3. The maximum Gasteiger partial charge on any atom is 0.135 e. The van der Waals surface area contributed by atoms with Gasteiger partial charge in [-0.25, -0.2) is 0 Å². The number of likely N-dealkylation sites (tertiary alicyclic amines) is 1. The molecule has 2 nitrogen and oxygen atoms in total. The second kappa shape index (κ2) is 4.83. The molecule has 0 bridgehead atoms. The Morgan fingerprint density at radius 1 is 1.24 bits per heavy atom. The van der Waals surface area contributed by atoms with E-state index in [0.717, 1.165) is 31.7 Å². The summed E-state index contributed by atoms with van der Waals surface area (Å²) in [6.07, 6.45) is 10.3. The maximum absolute atomic E-state index is 11.3. The van der Waals surface area contributed by atoms with Gasteiger partial charge in [0.25, 0.3) is 0 Å². The lowest BCUT2D eigenvalue weighted by Gasteiger charge is -2.40. The first-order chi connectivity index (χ1) is 8.34.